The van der Waals surface area contributed by atoms with Gasteiger partial charge in [0.05, 0.1) is 10.0 Å². The third-order valence-corrected chi connectivity index (χ3v) is 6.78. The molecule has 0 aliphatic carbocycles. The number of furan rings is 1. The molecule has 0 spiro atoms. The van der Waals surface area contributed by atoms with Crippen LogP contribution in [0.2, 0.25) is 10.0 Å². The fraction of sp³-hybridized carbons (Fsp3) is 0.208. The van der Waals surface area contributed by atoms with Crippen LogP contribution in [0.15, 0.2) is 71.7 Å². The maximum Gasteiger partial charge on any atom is 0.424 e. The van der Waals surface area contributed by atoms with Crippen LogP contribution in [-0.2, 0) is 5.72 Å². The first-order valence-corrected chi connectivity index (χ1v) is 11.6. The second-order valence-corrected chi connectivity index (χ2v) is 9.13. The topological polar surface area (TPSA) is 86.9 Å². The van der Waals surface area contributed by atoms with E-state index in [0.29, 0.717) is 11.3 Å². The van der Waals surface area contributed by atoms with E-state index in [0.717, 1.165) is 0 Å². The number of nitrogens with one attached hydrogen (secondary N) is 2. The smallest absolute Gasteiger partial charge is 0.424 e. The van der Waals surface area contributed by atoms with Crippen LogP contribution in [0.1, 0.15) is 17.4 Å². The van der Waals surface area contributed by atoms with Crippen LogP contribution in [0.25, 0.3) is 11.3 Å². The molecule has 1 aliphatic heterocycles. The molecule has 1 fully saturated rings. The van der Waals surface area contributed by atoms with Gasteiger partial charge in [-0.2, -0.15) is 13.2 Å². The lowest BCUT2D eigenvalue weighted by Crippen LogP contribution is -2.77. The van der Waals surface area contributed by atoms with E-state index in [2.05, 4.69) is 17.2 Å². The van der Waals surface area contributed by atoms with E-state index in [9.17, 15) is 23.4 Å². The second kappa shape index (κ2) is 9.60. The average Bonchev–Trinajstić information content (AvgIpc) is 3.31. The Bertz CT molecular complexity index is 1300. The first-order chi connectivity index (χ1) is 16.9. The van der Waals surface area contributed by atoms with E-state index in [1.54, 1.807) is 18.2 Å². The molecular weight excluding hydrogens is 540 g/mol. The summed E-state index contributed by atoms with van der Waals surface area (Å²) < 4.78 is 54.9. The normalized spacial score (nSPS) is 24.1. The average molecular weight is 559 g/mol. The molecule has 2 heterocycles. The number of hydrogen-bond donors (Lipinski definition) is 4. The zero-order valence-electron chi connectivity index (χ0n) is 18.3. The van der Waals surface area contributed by atoms with Crippen LogP contribution in [-0.4, -0.2) is 33.7 Å². The van der Waals surface area contributed by atoms with Crippen LogP contribution in [0.4, 0.5) is 13.2 Å². The summed E-state index contributed by atoms with van der Waals surface area (Å²) in [5.41, 5.74) is -6.94. The fourth-order valence-corrected chi connectivity index (χ4v) is 4.63. The van der Waals surface area contributed by atoms with E-state index >= 15 is 0 Å². The molecule has 0 saturated carbocycles. The number of halogens is 5. The Labute approximate surface area is 219 Å². The van der Waals surface area contributed by atoms with Gasteiger partial charge in [0.2, 0.25) is 11.3 Å². The van der Waals surface area contributed by atoms with Crippen molar-refractivity contribution in [1.82, 2.24) is 10.6 Å². The zero-order valence-corrected chi connectivity index (χ0v) is 20.6. The zero-order chi connectivity index (χ0) is 26.3. The summed E-state index contributed by atoms with van der Waals surface area (Å²) in [6.45, 7) is 3.69. The Morgan fingerprint density at radius 1 is 1.11 bits per heavy atom. The molecule has 6 nitrogen and oxygen atoms in total. The molecule has 1 aliphatic rings. The number of alkyl halides is 3. The summed E-state index contributed by atoms with van der Waals surface area (Å²) in [5, 5.41) is 27.3. The van der Waals surface area contributed by atoms with E-state index in [1.165, 1.54) is 42.5 Å². The van der Waals surface area contributed by atoms with Crippen molar-refractivity contribution in [2.45, 2.75) is 23.5 Å². The van der Waals surface area contributed by atoms with Gasteiger partial charge in [-0.05, 0) is 48.6 Å². The second-order valence-electron chi connectivity index (χ2n) is 7.93. The van der Waals surface area contributed by atoms with Gasteiger partial charge in [0, 0.05) is 11.1 Å². The van der Waals surface area contributed by atoms with Crippen molar-refractivity contribution in [2.24, 2.45) is 0 Å². The lowest BCUT2D eigenvalue weighted by molar-refractivity contribution is -0.343. The maximum atomic E-state index is 14.6. The quantitative estimate of drug-likeness (QED) is 0.235. The van der Waals surface area contributed by atoms with Gasteiger partial charge in [0.15, 0.2) is 5.11 Å². The highest BCUT2D eigenvalue weighted by Gasteiger charge is 2.74. The molecule has 0 unspecified atom stereocenters. The minimum atomic E-state index is -5.37. The minimum Gasteiger partial charge on any atom is -0.490 e. The number of thiocarbonyl (C=S) groups is 1. The highest BCUT2D eigenvalue weighted by atomic mass is 35.5. The van der Waals surface area contributed by atoms with Crippen molar-refractivity contribution < 1.29 is 32.5 Å². The molecule has 4 rings (SSSR count). The van der Waals surface area contributed by atoms with Gasteiger partial charge in [-0.3, -0.25) is 0 Å². The third kappa shape index (κ3) is 4.33. The van der Waals surface area contributed by atoms with Gasteiger partial charge in [-0.15, -0.1) is 0 Å². The van der Waals surface area contributed by atoms with Crippen molar-refractivity contribution in [2.75, 3.05) is 6.61 Å². The summed E-state index contributed by atoms with van der Waals surface area (Å²) in [4.78, 5) is 0. The van der Waals surface area contributed by atoms with Gasteiger partial charge in [0.1, 0.15) is 29.9 Å². The molecule has 3 aromatic rings. The monoisotopic (exact) mass is 558 g/mol. The Morgan fingerprint density at radius 3 is 2.44 bits per heavy atom. The maximum absolute atomic E-state index is 14.6. The van der Waals surface area contributed by atoms with Crippen LogP contribution in [0.5, 0.6) is 5.75 Å². The molecule has 3 atom stereocenters. The summed E-state index contributed by atoms with van der Waals surface area (Å²) >= 11 is 17.4. The molecule has 0 bridgehead atoms. The summed E-state index contributed by atoms with van der Waals surface area (Å²) in [6.07, 6.45) is -3.88. The van der Waals surface area contributed by atoms with Crippen molar-refractivity contribution in [1.29, 1.82) is 0 Å². The largest absolute Gasteiger partial charge is 0.490 e. The predicted octanol–water partition coefficient (Wildman–Crippen LogP) is 5.48. The van der Waals surface area contributed by atoms with Gasteiger partial charge in [-0.25, -0.2) is 0 Å². The number of ether oxygens (including phenoxy) is 1. The minimum absolute atomic E-state index is 0.0977. The third-order valence-electron chi connectivity index (χ3n) is 5.74. The van der Waals surface area contributed by atoms with Crippen LogP contribution >= 0.6 is 35.4 Å². The highest BCUT2D eigenvalue weighted by molar-refractivity contribution is 7.80. The standard InChI is InChI=1S/C24H19Cl2F3N2O4S/c1-2-12-34-14-8-6-13(7-9-14)23(33)22(32,24(27,28)29)20(30-21(36)31-23)18-11-10-17(35-18)15-4-3-5-16(25)19(15)26/h2-11,20,32-33H,1,12H2,(H2,30,31,36)/t20-,22+,23+/m0/s1. The van der Waals surface area contributed by atoms with E-state index in [4.69, 9.17) is 44.6 Å². The van der Waals surface area contributed by atoms with E-state index in [1.807, 2.05) is 0 Å². The Hall–Kier alpha value is -2.76. The molecule has 0 amide bonds. The first-order valence-electron chi connectivity index (χ1n) is 10.4. The molecule has 4 N–H and O–H groups in total. The summed E-state index contributed by atoms with van der Waals surface area (Å²) in [6, 6.07) is 10.3. The van der Waals surface area contributed by atoms with Crippen molar-refractivity contribution in [3.8, 4) is 17.1 Å². The molecule has 36 heavy (non-hydrogen) atoms. The van der Waals surface area contributed by atoms with Crippen molar-refractivity contribution >= 4 is 40.5 Å². The lowest BCUT2D eigenvalue weighted by atomic mass is 9.75. The Morgan fingerprint density at radius 2 is 1.81 bits per heavy atom. The van der Waals surface area contributed by atoms with Crippen molar-refractivity contribution in [3.05, 3.63) is 88.6 Å². The van der Waals surface area contributed by atoms with Gasteiger partial charge < -0.3 is 30.0 Å². The van der Waals surface area contributed by atoms with Crippen LogP contribution < -0.4 is 15.4 Å². The summed E-state index contributed by atoms with van der Waals surface area (Å²) in [5.74, 6) is 0.0644. The first kappa shape index (κ1) is 26.3. The molecule has 1 saturated heterocycles. The van der Waals surface area contributed by atoms with Crippen LogP contribution in [0.3, 0.4) is 0 Å². The summed E-state index contributed by atoms with van der Waals surface area (Å²) in [7, 11) is 0. The molecule has 12 heteroatoms. The van der Waals surface area contributed by atoms with E-state index < -0.39 is 23.5 Å². The molecule has 2 aromatic carbocycles. The number of hydrogen-bond acceptors (Lipinski definition) is 5. The predicted molar refractivity (Wildman–Crippen MR) is 133 cm³/mol. The molecule has 190 valence electrons. The number of benzene rings is 2. The molecule has 0 radical (unpaired) electrons. The van der Waals surface area contributed by atoms with Crippen molar-refractivity contribution in [3.63, 3.8) is 0 Å². The molecule has 1 aromatic heterocycles. The Kier molecular flexibility index (Phi) is 7.02. The number of aliphatic hydroxyl groups is 2. The van der Waals surface area contributed by atoms with Crippen LogP contribution in [0, 0.1) is 0 Å². The fourth-order valence-electron chi connectivity index (χ4n) is 3.97. The molecular formula is C24H19Cl2F3N2O4S. The highest BCUT2D eigenvalue weighted by Crippen LogP contribution is 2.52. The van der Waals surface area contributed by atoms with Gasteiger partial charge in [0.25, 0.3) is 0 Å². The lowest BCUT2D eigenvalue weighted by Gasteiger charge is -2.52. The Balaban J connectivity index is 1.81. The SMILES string of the molecule is C=CCOc1ccc([C@]2(O)NC(=S)N[C@@H](c3ccc(-c4cccc(Cl)c4Cl)o3)[C@]2(O)C(F)(F)F)cc1. The van der Waals surface area contributed by atoms with E-state index in [-0.39, 0.29) is 38.8 Å². The van der Waals surface area contributed by atoms with Gasteiger partial charge >= 0.3 is 6.18 Å². The number of rotatable bonds is 6. The van der Waals surface area contributed by atoms with Gasteiger partial charge in [-0.1, -0.05) is 54.1 Å².